The molecule has 90 valence electrons. The Bertz CT molecular complexity index is 385. The Morgan fingerprint density at radius 3 is 2.12 bits per heavy atom. The van der Waals surface area contributed by atoms with Crippen molar-refractivity contribution < 1.29 is 36.7 Å². The second-order valence-corrected chi connectivity index (χ2v) is 4.34. The van der Waals surface area contributed by atoms with E-state index >= 15 is 0 Å². The molecule has 2 amide bonds. The average Bonchev–Trinajstić information content (AvgIpc) is 2.42. The summed E-state index contributed by atoms with van der Waals surface area (Å²) >= 11 is 0. The molecule has 0 bridgehead atoms. The van der Waals surface area contributed by atoms with E-state index in [2.05, 4.69) is 4.52 Å². The molecule has 1 unspecified atom stereocenters. The first-order valence-electron chi connectivity index (χ1n) is 3.74. The van der Waals surface area contributed by atoms with Gasteiger partial charge >= 0.3 is 13.9 Å². The monoisotopic (exact) mass is 259 g/mol. The fourth-order valence-corrected chi connectivity index (χ4v) is 1.92. The Hall–Kier alpha value is -1.18. The van der Waals surface area contributed by atoms with Gasteiger partial charge in [0.05, 0.1) is 0 Å². The van der Waals surface area contributed by atoms with Gasteiger partial charge in [-0.05, 0) is 0 Å². The Balaban J connectivity index is 2.75. The molecule has 1 rings (SSSR count). The molecule has 6 nitrogen and oxygen atoms in total. The molecule has 0 radical (unpaired) electrons. The molecule has 0 aromatic heterocycles. The highest BCUT2D eigenvalue weighted by atomic mass is 31.2. The number of alkyl halides is 3. The third-order valence-corrected chi connectivity index (χ3v) is 2.80. The lowest BCUT2D eigenvalue weighted by Gasteiger charge is -2.20. The van der Waals surface area contributed by atoms with E-state index in [4.69, 9.17) is 4.89 Å². The highest BCUT2D eigenvalue weighted by molar-refractivity contribution is 7.52. The molecular weight excluding hydrogens is 254 g/mol. The van der Waals surface area contributed by atoms with Crippen molar-refractivity contribution in [1.29, 1.82) is 0 Å². The summed E-state index contributed by atoms with van der Waals surface area (Å²) in [6.45, 7) is -2.03. The van der Waals surface area contributed by atoms with Crippen LogP contribution < -0.4 is 0 Å². The van der Waals surface area contributed by atoms with Gasteiger partial charge in [-0.25, -0.2) is 4.57 Å². The zero-order chi connectivity index (χ0) is 12.6. The molecular formula is C6H5F3NO5P. The second kappa shape index (κ2) is 4.00. The van der Waals surface area contributed by atoms with Crippen molar-refractivity contribution >= 4 is 19.6 Å². The van der Waals surface area contributed by atoms with Crippen molar-refractivity contribution in [3.63, 3.8) is 0 Å². The summed E-state index contributed by atoms with van der Waals surface area (Å²) in [6.07, 6.45) is -3.53. The topological polar surface area (TPSA) is 83.9 Å². The zero-order valence-electron chi connectivity index (χ0n) is 7.47. The van der Waals surface area contributed by atoms with Crippen LogP contribution in [0.3, 0.4) is 0 Å². The fourth-order valence-electron chi connectivity index (χ4n) is 0.857. The third kappa shape index (κ3) is 2.91. The van der Waals surface area contributed by atoms with Crippen LogP contribution in [0, 0.1) is 0 Å². The number of halogens is 3. The van der Waals surface area contributed by atoms with Crippen molar-refractivity contribution in [2.24, 2.45) is 0 Å². The quantitative estimate of drug-likeness (QED) is 0.592. The number of carbonyl (C=O) groups is 2. The van der Waals surface area contributed by atoms with Gasteiger partial charge in [0.15, 0.2) is 6.61 Å². The minimum Gasteiger partial charge on any atom is -0.307 e. The summed E-state index contributed by atoms with van der Waals surface area (Å²) in [6, 6.07) is 0. The minimum absolute atomic E-state index is 0.251. The maximum atomic E-state index is 11.7. The summed E-state index contributed by atoms with van der Waals surface area (Å²) in [7, 11) is -5.10. The van der Waals surface area contributed by atoms with Gasteiger partial charge < -0.3 is 4.89 Å². The van der Waals surface area contributed by atoms with Gasteiger partial charge in [0.1, 0.15) is 0 Å². The van der Waals surface area contributed by atoms with Crippen LogP contribution in [0.5, 0.6) is 0 Å². The minimum atomic E-state index is -5.10. The molecule has 10 heteroatoms. The van der Waals surface area contributed by atoms with Crippen LogP contribution in [0.15, 0.2) is 12.2 Å². The highest BCUT2D eigenvalue weighted by Gasteiger charge is 2.43. The molecule has 1 aliphatic rings. The third-order valence-electron chi connectivity index (χ3n) is 1.44. The van der Waals surface area contributed by atoms with E-state index < -0.39 is 32.3 Å². The Morgan fingerprint density at radius 2 is 1.75 bits per heavy atom. The Kier molecular flexibility index (Phi) is 3.22. The first kappa shape index (κ1) is 12.9. The van der Waals surface area contributed by atoms with Crippen LogP contribution in [-0.4, -0.2) is 34.2 Å². The average molecular weight is 259 g/mol. The fraction of sp³-hybridized carbons (Fsp3) is 0.333. The first-order chi connectivity index (χ1) is 7.13. The maximum absolute atomic E-state index is 11.7. The molecule has 0 aliphatic carbocycles. The summed E-state index contributed by atoms with van der Waals surface area (Å²) in [5.74, 6) is -2.39. The molecule has 1 aliphatic heterocycles. The SMILES string of the molecule is O=C1C=CC(=O)N1P(=O)(O)OCC(F)(F)F. The summed E-state index contributed by atoms with van der Waals surface area (Å²) in [4.78, 5) is 30.8. The number of imide groups is 1. The Morgan fingerprint density at radius 1 is 1.31 bits per heavy atom. The van der Waals surface area contributed by atoms with E-state index in [0.29, 0.717) is 12.2 Å². The standard InChI is InChI=1S/C6H5F3NO5P/c7-6(8,9)3-15-16(13,14)10-4(11)1-2-5(10)12/h1-2H,3H2,(H,13,14). The lowest BCUT2D eigenvalue weighted by Crippen LogP contribution is -2.29. The molecule has 1 atom stereocenters. The van der Waals surface area contributed by atoms with Gasteiger partial charge in [-0.3, -0.25) is 14.1 Å². The van der Waals surface area contributed by atoms with Crippen molar-refractivity contribution in [1.82, 2.24) is 4.67 Å². The Labute approximate surface area is 86.9 Å². The molecule has 1 heterocycles. The molecule has 1 N–H and O–H groups in total. The predicted molar refractivity (Wildman–Crippen MR) is 42.8 cm³/mol. The summed E-state index contributed by atoms with van der Waals surface area (Å²) in [5.41, 5.74) is 0. The number of rotatable bonds is 3. The first-order valence-corrected chi connectivity index (χ1v) is 5.27. The smallest absolute Gasteiger partial charge is 0.307 e. The maximum Gasteiger partial charge on any atom is 0.442 e. The van der Waals surface area contributed by atoms with Crippen molar-refractivity contribution in [3.05, 3.63) is 12.2 Å². The number of nitrogens with zero attached hydrogens (tertiary/aromatic N) is 1. The molecule has 0 aromatic rings. The van der Waals surface area contributed by atoms with E-state index in [1.807, 2.05) is 0 Å². The molecule has 0 aromatic carbocycles. The van der Waals surface area contributed by atoms with Crippen LogP contribution in [0.2, 0.25) is 0 Å². The molecule has 0 saturated carbocycles. The van der Waals surface area contributed by atoms with E-state index in [0.717, 1.165) is 0 Å². The number of hydrogen-bond donors (Lipinski definition) is 1. The van der Waals surface area contributed by atoms with Crippen LogP contribution in [0.25, 0.3) is 0 Å². The predicted octanol–water partition coefficient (Wildman–Crippen LogP) is 0.591. The molecule has 0 spiro atoms. The second-order valence-electron chi connectivity index (χ2n) is 2.70. The zero-order valence-corrected chi connectivity index (χ0v) is 8.36. The van der Waals surface area contributed by atoms with E-state index in [1.165, 1.54) is 0 Å². The summed E-state index contributed by atoms with van der Waals surface area (Å²) in [5, 5.41) is 0. The van der Waals surface area contributed by atoms with Crippen LogP contribution in [-0.2, 0) is 18.7 Å². The molecule has 16 heavy (non-hydrogen) atoms. The number of amides is 2. The van der Waals surface area contributed by atoms with Gasteiger partial charge in [0, 0.05) is 12.2 Å². The van der Waals surface area contributed by atoms with Gasteiger partial charge in [0.25, 0.3) is 11.8 Å². The van der Waals surface area contributed by atoms with Gasteiger partial charge in [-0.15, -0.1) is 0 Å². The van der Waals surface area contributed by atoms with Crippen molar-refractivity contribution in [3.8, 4) is 0 Å². The largest absolute Gasteiger partial charge is 0.442 e. The molecule has 0 fully saturated rings. The van der Waals surface area contributed by atoms with Crippen molar-refractivity contribution in [2.45, 2.75) is 6.18 Å². The lowest BCUT2D eigenvalue weighted by atomic mass is 10.6. The number of carbonyl (C=O) groups excluding carboxylic acids is 2. The van der Waals surface area contributed by atoms with Gasteiger partial charge in [-0.2, -0.15) is 17.8 Å². The normalized spacial score (nSPS) is 20.4. The van der Waals surface area contributed by atoms with E-state index in [1.54, 1.807) is 0 Å². The van der Waals surface area contributed by atoms with Crippen LogP contribution in [0.1, 0.15) is 0 Å². The van der Waals surface area contributed by atoms with Crippen LogP contribution >= 0.6 is 7.75 Å². The van der Waals surface area contributed by atoms with Gasteiger partial charge in [0.2, 0.25) is 0 Å². The van der Waals surface area contributed by atoms with Crippen molar-refractivity contribution in [2.75, 3.05) is 6.61 Å². The summed E-state index contributed by atoms with van der Waals surface area (Å²) < 4.78 is 49.7. The number of hydrogen-bond acceptors (Lipinski definition) is 4. The van der Waals surface area contributed by atoms with E-state index in [-0.39, 0.29) is 4.67 Å². The van der Waals surface area contributed by atoms with E-state index in [9.17, 15) is 27.3 Å². The highest BCUT2D eigenvalue weighted by Crippen LogP contribution is 2.48. The molecule has 0 saturated heterocycles. The lowest BCUT2D eigenvalue weighted by molar-refractivity contribution is -0.157. The van der Waals surface area contributed by atoms with Crippen LogP contribution in [0.4, 0.5) is 13.2 Å². The van der Waals surface area contributed by atoms with Gasteiger partial charge in [-0.1, -0.05) is 0 Å².